The Morgan fingerprint density at radius 3 is 2.35 bits per heavy atom. The van der Waals surface area contributed by atoms with Crippen LogP contribution in [0.1, 0.15) is 40.4 Å². The van der Waals surface area contributed by atoms with Gasteiger partial charge >= 0.3 is 0 Å². The number of nitrogens with zero attached hydrogens (tertiary/aromatic N) is 2. The van der Waals surface area contributed by atoms with E-state index in [9.17, 15) is 0 Å². The van der Waals surface area contributed by atoms with E-state index in [4.69, 9.17) is 17.3 Å². The molecule has 0 aliphatic carbocycles. The van der Waals surface area contributed by atoms with Gasteiger partial charge < -0.3 is 11.1 Å². The Hall–Kier alpha value is -1.03. The van der Waals surface area contributed by atoms with Crippen LogP contribution in [0.2, 0.25) is 5.15 Å². The van der Waals surface area contributed by atoms with Crippen LogP contribution >= 0.6 is 11.6 Å². The summed E-state index contributed by atoms with van der Waals surface area (Å²) in [5, 5.41) is 3.52. The highest BCUT2D eigenvalue weighted by Crippen LogP contribution is 2.28. The topological polar surface area (TPSA) is 63.8 Å². The predicted molar refractivity (Wildman–Crippen MR) is 73.5 cm³/mol. The Bertz CT molecular complexity index is 396. The summed E-state index contributed by atoms with van der Waals surface area (Å²) in [7, 11) is 0. The minimum atomic E-state index is -0.147. The van der Waals surface area contributed by atoms with Crippen molar-refractivity contribution in [2.45, 2.75) is 40.0 Å². The summed E-state index contributed by atoms with van der Waals surface area (Å²) in [5.41, 5.74) is 6.13. The molecule has 1 aromatic rings. The van der Waals surface area contributed by atoms with E-state index in [0.29, 0.717) is 28.4 Å². The molecule has 0 saturated heterocycles. The van der Waals surface area contributed by atoms with Crippen molar-refractivity contribution in [1.29, 1.82) is 0 Å². The van der Waals surface area contributed by atoms with Crippen LogP contribution in [-0.4, -0.2) is 16.5 Å². The molecule has 5 heteroatoms. The van der Waals surface area contributed by atoms with E-state index in [1.54, 1.807) is 0 Å². The van der Waals surface area contributed by atoms with E-state index in [-0.39, 0.29) is 5.41 Å². The van der Waals surface area contributed by atoms with Gasteiger partial charge in [-0.05, 0) is 5.92 Å². The van der Waals surface area contributed by atoms with Gasteiger partial charge in [-0.25, -0.2) is 9.97 Å². The lowest BCUT2D eigenvalue weighted by molar-refractivity contribution is 0.546. The van der Waals surface area contributed by atoms with Crippen LogP contribution in [-0.2, 0) is 5.41 Å². The highest BCUT2D eigenvalue weighted by molar-refractivity contribution is 6.32. The number of hydrogen-bond acceptors (Lipinski definition) is 4. The van der Waals surface area contributed by atoms with E-state index < -0.39 is 0 Å². The van der Waals surface area contributed by atoms with Crippen molar-refractivity contribution in [2.24, 2.45) is 5.92 Å². The third-order valence-corrected chi connectivity index (χ3v) is 2.54. The Kier molecular flexibility index (Phi) is 4.20. The van der Waals surface area contributed by atoms with Crippen molar-refractivity contribution in [2.75, 3.05) is 17.6 Å². The summed E-state index contributed by atoms with van der Waals surface area (Å²) < 4.78 is 0. The number of nitrogens with two attached hydrogens (primary N) is 1. The number of hydrogen-bond donors (Lipinski definition) is 2. The molecule has 0 aliphatic rings. The van der Waals surface area contributed by atoms with E-state index >= 15 is 0 Å². The summed E-state index contributed by atoms with van der Waals surface area (Å²) >= 11 is 6.02. The van der Waals surface area contributed by atoms with Crippen LogP contribution < -0.4 is 11.1 Å². The number of nitrogens with one attached hydrogen (secondary N) is 1. The monoisotopic (exact) mass is 256 g/mol. The first-order valence-corrected chi connectivity index (χ1v) is 6.17. The van der Waals surface area contributed by atoms with Crippen molar-refractivity contribution < 1.29 is 0 Å². The van der Waals surface area contributed by atoms with Crippen molar-refractivity contribution in [1.82, 2.24) is 9.97 Å². The van der Waals surface area contributed by atoms with E-state index in [2.05, 4.69) is 29.1 Å². The van der Waals surface area contributed by atoms with Crippen molar-refractivity contribution >= 4 is 23.1 Å². The van der Waals surface area contributed by atoms with Crippen LogP contribution in [0.5, 0.6) is 0 Å². The second-order valence-corrected chi connectivity index (χ2v) is 5.98. The van der Waals surface area contributed by atoms with Crippen LogP contribution in [0.15, 0.2) is 0 Å². The predicted octanol–water partition coefficient (Wildman–Crippen LogP) is 3.08. The zero-order valence-electron chi connectivity index (χ0n) is 11.1. The lowest BCUT2D eigenvalue weighted by Crippen LogP contribution is -2.19. The zero-order chi connectivity index (χ0) is 13.2. The molecule has 1 aromatic heterocycles. The molecule has 0 aliphatic heterocycles. The van der Waals surface area contributed by atoms with Crippen LogP contribution in [0.3, 0.4) is 0 Å². The molecule has 0 spiro atoms. The average molecular weight is 257 g/mol. The van der Waals surface area contributed by atoms with Gasteiger partial charge in [0.15, 0.2) is 11.0 Å². The van der Waals surface area contributed by atoms with Crippen LogP contribution in [0.4, 0.5) is 11.5 Å². The molecule has 0 bridgehead atoms. The molecule has 0 atom stereocenters. The summed E-state index contributed by atoms with van der Waals surface area (Å²) in [6.07, 6.45) is 0. The van der Waals surface area contributed by atoms with E-state index in [1.807, 2.05) is 20.8 Å². The minimum Gasteiger partial charge on any atom is -0.393 e. The quantitative estimate of drug-likeness (QED) is 0.816. The van der Waals surface area contributed by atoms with Crippen molar-refractivity contribution in [3.05, 3.63) is 11.0 Å². The van der Waals surface area contributed by atoms with Gasteiger partial charge in [0.1, 0.15) is 11.5 Å². The third-order valence-electron chi connectivity index (χ3n) is 2.25. The maximum absolute atomic E-state index is 6.02. The van der Waals surface area contributed by atoms with Gasteiger partial charge in [0, 0.05) is 12.0 Å². The lowest BCUT2D eigenvalue weighted by atomic mass is 9.96. The SMILES string of the molecule is CC(C)CNc1nc(C(C)(C)C)nc(Cl)c1N. The lowest BCUT2D eigenvalue weighted by Gasteiger charge is -2.19. The smallest absolute Gasteiger partial charge is 0.157 e. The van der Waals surface area contributed by atoms with Crippen LogP contribution in [0.25, 0.3) is 0 Å². The maximum Gasteiger partial charge on any atom is 0.157 e. The van der Waals surface area contributed by atoms with Gasteiger partial charge in [0.05, 0.1) is 0 Å². The zero-order valence-corrected chi connectivity index (χ0v) is 11.9. The highest BCUT2D eigenvalue weighted by Gasteiger charge is 2.20. The molecule has 4 nitrogen and oxygen atoms in total. The van der Waals surface area contributed by atoms with Gasteiger partial charge in [0.2, 0.25) is 0 Å². The number of nitrogen functional groups attached to an aromatic ring is 1. The van der Waals surface area contributed by atoms with Gasteiger partial charge in [0.25, 0.3) is 0 Å². The molecule has 17 heavy (non-hydrogen) atoms. The molecule has 96 valence electrons. The van der Waals surface area contributed by atoms with Gasteiger partial charge in [-0.3, -0.25) is 0 Å². The Morgan fingerprint density at radius 2 is 1.88 bits per heavy atom. The second kappa shape index (κ2) is 5.08. The fraction of sp³-hybridized carbons (Fsp3) is 0.667. The highest BCUT2D eigenvalue weighted by atomic mass is 35.5. The van der Waals surface area contributed by atoms with E-state index in [1.165, 1.54) is 0 Å². The standard InChI is InChI=1S/C12H21ClN4/c1-7(2)6-15-10-8(14)9(13)16-11(17-10)12(3,4)5/h7H,6,14H2,1-5H3,(H,15,16,17). The van der Waals surface area contributed by atoms with Crippen LogP contribution in [0, 0.1) is 5.92 Å². The van der Waals surface area contributed by atoms with Crippen molar-refractivity contribution in [3.8, 4) is 0 Å². The normalized spacial score (nSPS) is 11.9. The number of halogens is 1. The number of rotatable bonds is 3. The molecule has 0 unspecified atom stereocenters. The van der Waals surface area contributed by atoms with E-state index in [0.717, 1.165) is 6.54 Å². The first-order valence-electron chi connectivity index (χ1n) is 5.79. The van der Waals surface area contributed by atoms with Gasteiger partial charge in [-0.15, -0.1) is 0 Å². The Balaban J connectivity index is 3.07. The fourth-order valence-corrected chi connectivity index (χ4v) is 1.38. The summed E-state index contributed by atoms with van der Waals surface area (Å²) in [6.45, 7) is 11.2. The summed E-state index contributed by atoms with van der Waals surface area (Å²) in [5.74, 6) is 1.84. The molecule has 0 fully saturated rings. The molecule has 1 heterocycles. The molecule has 1 rings (SSSR count). The largest absolute Gasteiger partial charge is 0.393 e. The first-order chi connectivity index (χ1) is 7.71. The fourth-order valence-electron chi connectivity index (χ4n) is 1.21. The molecule has 0 amide bonds. The summed E-state index contributed by atoms with van der Waals surface area (Å²) in [6, 6.07) is 0. The second-order valence-electron chi connectivity index (χ2n) is 5.63. The summed E-state index contributed by atoms with van der Waals surface area (Å²) in [4.78, 5) is 8.67. The third kappa shape index (κ3) is 3.73. The maximum atomic E-state index is 6.02. The molecule has 0 saturated carbocycles. The van der Waals surface area contributed by atoms with Gasteiger partial charge in [-0.2, -0.15) is 0 Å². The molecule has 3 N–H and O–H groups in total. The minimum absolute atomic E-state index is 0.147. The Labute approximate surface area is 108 Å². The molecule has 0 aromatic carbocycles. The van der Waals surface area contributed by atoms with Gasteiger partial charge in [-0.1, -0.05) is 46.2 Å². The Morgan fingerprint density at radius 1 is 1.29 bits per heavy atom. The first kappa shape index (κ1) is 14.0. The number of aromatic nitrogens is 2. The molecular weight excluding hydrogens is 236 g/mol. The van der Waals surface area contributed by atoms with Crippen molar-refractivity contribution in [3.63, 3.8) is 0 Å². The number of anilines is 2. The average Bonchev–Trinajstić information content (AvgIpc) is 2.18. The molecule has 0 radical (unpaired) electrons. The molecular formula is C12H21ClN4.